The number of esters is 1. The van der Waals surface area contributed by atoms with E-state index in [-0.39, 0.29) is 12.5 Å². The zero-order valence-electron chi connectivity index (χ0n) is 17.5. The van der Waals surface area contributed by atoms with Crippen molar-refractivity contribution in [1.82, 2.24) is 15.1 Å². The molecule has 2 aromatic carbocycles. The van der Waals surface area contributed by atoms with Gasteiger partial charge in [0.15, 0.2) is 6.10 Å². The first kappa shape index (κ1) is 21.1. The molecule has 1 N–H and O–H groups in total. The van der Waals surface area contributed by atoms with Gasteiger partial charge >= 0.3 is 5.97 Å². The summed E-state index contributed by atoms with van der Waals surface area (Å²) in [5.74, 6) is -0.256. The van der Waals surface area contributed by atoms with Crippen molar-refractivity contribution in [2.75, 3.05) is 7.11 Å². The van der Waals surface area contributed by atoms with Gasteiger partial charge in [0, 0.05) is 17.8 Å². The zero-order valence-corrected chi connectivity index (χ0v) is 17.5. The van der Waals surface area contributed by atoms with Gasteiger partial charge in [-0.15, -0.1) is 0 Å². The Hall–Kier alpha value is -3.61. The molecule has 3 aromatic rings. The molecule has 0 bridgehead atoms. The number of para-hydroxylation sites is 1. The second-order valence-electron chi connectivity index (χ2n) is 6.96. The molecule has 1 unspecified atom stereocenters. The predicted molar refractivity (Wildman–Crippen MR) is 113 cm³/mol. The predicted octanol–water partition coefficient (Wildman–Crippen LogP) is 3.36. The number of carbonyl (C=O) groups is 2. The Bertz CT molecular complexity index is 1040. The van der Waals surface area contributed by atoms with Crippen LogP contribution in [0.3, 0.4) is 0 Å². The van der Waals surface area contributed by atoms with Gasteiger partial charge in [-0.05, 0) is 57.2 Å². The van der Waals surface area contributed by atoms with E-state index in [1.54, 1.807) is 43.0 Å². The van der Waals surface area contributed by atoms with Crippen molar-refractivity contribution in [3.05, 3.63) is 77.1 Å². The van der Waals surface area contributed by atoms with Crippen molar-refractivity contribution >= 4 is 11.9 Å². The smallest absolute Gasteiger partial charge is 0.338 e. The average molecular weight is 407 g/mol. The van der Waals surface area contributed by atoms with Crippen LogP contribution in [0.15, 0.2) is 54.6 Å². The number of amides is 1. The fourth-order valence-corrected chi connectivity index (χ4v) is 3.09. The van der Waals surface area contributed by atoms with Crippen LogP contribution in [-0.2, 0) is 16.1 Å². The average Bonchev–Trinajstić information content (AvgIpc) is 3.10. The van der Waals surface area contributed by atoms with Gasteiger partial charge < -0.3 is 14.8 Å². The molecule has 0 radical (unpaired) electrons. The summed E-state index contributed by atoms with van der Waals surface area (Å²) in [5, 5.41) is 7.18. The molecular formula is C23H25N3O4. The SMILES string of the molecule is COc1ccccc1CNC(=O)C(C)OC(=O)c1ccc(-n2nc(C)cc2C)cc1. The van der Waals surface area contributed by atoms with E-state index in [2.05, 4.69) is 10.4 Å². The maximum atomic E-state index is 12.4. The van der Waals surface area contributed by atoms with E-state index >= 15 is 0 Å². The summed E-state index contributed by atoms with van der Waals surface area (Å²) in [6.07, 6.45) is -0.928. The highest BCUT2D eigenvalue weighted by molar-refractivity contribution is 5.92. The molecule has 1 amide bonds. The van der Waals surface area contributed by atoms with Crippen molar-refractivity contribution in [2.45, 2.75) is 33.4 Å². The molecule has 156 valence electrons. The molecule has 0 spiro atoms. The Labute approximate surface area is 175 Å². The number of nitrogens with zero attached hydrogens (tertiary/aromatic N) is 2. The number of rotatable bonds is 7. The zero-order chi connectivity index (χ0) is 21.7. The number of benzene rings is 2. The molecule has 0 aliphatic rings. The second-order valence-corrected chi connectivity index (χ2v) is 6.96. The van der Waals surface area contributed by atoms with Gasteiger partial charge in [0.05, 0.1) is 24.1 Å². The van der Waals surface area contributed by atoms with E-state index in [0.29, 0.717) is 11.3 Å². The minimum atomic E-state index is -0.928. The molecule has 0 saturated heterocycles. The Kier molecular flexibility index (Phi) is 6.51. The van der Waals surface area contributed by atoms with Crippen molar-refractivity contribution in [3.63, 3.8) is 0 Å². The molecule has 1 heterocycles. The van der Waals surface area contributed by atoms with Gasteiger partial charge in [-0.3, -0.25) is 4.79 Å². The molecule has 1 atom stereocenters. The maximum Gasteiger partial charge on any atom is 0.338 e. The third kappa shape index (κ3) is 4.86. The summed E-state index contributed by atoms with van der Waals surface area (Å²) in [6, 6.07) is 16.3. The lowest BCUT2D eigenvalue weighted by Crippen LogP contribution is -2.35. The third-order valence-electron chi connectivity index (χ3n) is 4.66. The molecule has 30 heavy (non-hydrogen) atoms. The number of nitrogens with one attached hydrogen (secondary N) is 1. The van der Waals surface area contributed by atoms with Crippen LogP contribution in [0, 0.1) is 13.8 Å². The number of ether oxygens (including phenoxy) is 2. The maximum absolute atomic E-state index is 12.4. The molecule has 3 rings (SSSR count). The highest BCUT2D eigenvalue weighted by Gasteiger charge is 2.19. The van der Waals surface area contributed by atoms with Crippen LogP contribution in [-0.4, -0.2) is 34.9 Å². The number of hydrogen-bond acceptors (Lipinski definition) is 5. The summed E-state index contributed by atoms with van der Waals surface area (Å²) in [4.78, 5) is 24.7. The fourth-order valence-electron chi connectivity index (χ4n) is 3.09. The molecule has 0 aliphatic carbocycles. The van der Waals surface area contributed by atoms with Crippen molar-refractivity contribution in [1.29, 1.82) is 0 Å². The van der Waals surface area contributed by atoms with E-state index in [4.69, 9.17) is 9.47 Å². The van der Waals surface area contributed by atoms with Gasteiger partial charge in [0.25, 0.3) is 5.91 Å². The standard InChI is InChI=1S/C23H25N3O4/c1-15-13-16(2)26(25-15)20-11-9-18(10-12-20)23(28)30-17(3)22(27)24-14-19-7-5-6-8-21(19)29-4/h5-13,17H,14H2,1-4H3,(H,24,27). The minimum absolute atomic E-state index is 0.280. The second kappa shape index (κ2) is 9.26. The molecule has 0 fully saturated rings. The lowest BCUT2D eigenvalue weighted by molar-refractivity contribution is -0.129. The summed E-state index contributed by atoms with van der Waals surface area (Å²) in [7, 11) is 1.57. The summed E-state index contributed by atoms with van der Waals surface area (Å²) in [6.45, 7) is 5.71. The summed E-state index contributed by atoms with van der Waals surface area (Å²) in [5.41, 5.74) is 3.98. The normalized spacial score (nSPS) is 11.6. The van der Waals surface area contributed by atoms with Crippen molar-refractivity contribution < 1.29 is 19.1 Å². The van der Waals surface area contributed by atoms with Gasteiger partial charge in [0.1, 0.15) is 5.75 Å². The van der Waals surface area contributed by atoms with Crippen LogP contribution in [0.5, 0.6) is 5.75 Å². The van der Waals surface area contributed by atoms with Crippen LogP contribution < -0.4 is 10.1 Å². The number of carbonyl (C=O) groups excluding carboxylic acids is 2. The molecule has 0 aliphatic heterocycles. The number of aryl methyl sites for hydroxylation is 2. The molecule has 1 aromatic heterocycles. The Morgan fingerprint density at radius 3 is 2.43 bits per heavy atom. The van der Waals surface area contributed by atoms with E-state index < -0.39 is 12.1 Å². The lowest BCUT2D eigenvalue weighted by atomic mass is 10.2. The first-order valence-electron chi connectivity index (χ1n) is 9.63. The number of hydrogen-bond donors (Lipinski definition) is 1. The van der Waals surface area contributed by atoms with Gasteiger partial charge in [-0.2, -0.15) is 5.10 Å². The fraction of sp³-hybridized carbons (Fsp3) is 0.261. The summed E-state index contributed by atoms with van der Waals surface area (Å²) < 4.78 is 12.4. The van der Waals surface area contributed by atoms with Crippen LogP contribution >= 0.6 is 0 Å². The topological polar surface area (TPSA) is 82.5 Å². The quantitative estimate of drug-likeness (QED) is 0.608. The minimum Gasteiger partial charge on any atom is -0.496 e. The first-order chi connectivity index (χ1) is 14.4. The van der Waals surface area contributed by atoms with Crippen LogP contribution in [0.4, 0.5) is 0 Å². The van der Waals surface area contributed by atoms with E-state index in [1.165, 1.54) is 0 Å². The molecule has 7 nitrogen and oxygen atoms in total. The number of aromatic nitrogens is 2. The largest absolute Gasteiger partial charge is 0.496 e. The van der Waals surface area contributed by atoms with Gasteiger partial charge in [-0.25, -0.2) is 9.48 Å². The van der Waals surface area contributed by atoms with Crippen molar-refractivity contribution in [2.24, 2.45) is 0 Å². The lowest BCUT2D eigenvalue weighted by Gasteiger charge is -2.15. The highest BCUT2D eigenvalue weighted by atomic mass is 16.5. The van der Waals surface area contributed by atoms with Crippen LogP contribution in [0.1, 0.15) is 34.2 Å². The van der Waals surface area contributed by atoms with Crippen LogP contribution in [0.25, 0.3) is 5.69 Å². The van der Waals surface area contributed by atoms with E-state index in [1.807, 2.05) is 44.2 Å². The third-order valence-corrected chi connectivity index (χ3v) is 4.66. The van der Waals surface area contributed by atoms with E-state index in [0.717, 1.165) is 22.6 Å². The Morgan fingerprint density at radius 1 is 1.10 bits per heavy atom. The van der Waals surface area contributed by atoms with Gasteiger partial charge in [-0.1, -0.05) is 18.2 Å². The molecule has 0 saturated carbocycles. The molecular weight excluding hydrogens is 382 g/mol. The highest BCUT2D eigenvalue weighted by Crippen LogP contribution is 2.17. The Morgan fingerprint density at radius 2 is 1.80 bits per heavy atom. The Balaban J connectivity index is 1.58. The van der Waals surface area contributed by atoms with Crippen molar-refractivity contribution in [3.8, 4) is 11.4 Å². The first-order valence-corrected chi connectivity index (χ1v) is 9.63. The van der Waals surface area contributed by atoms with Crippen LogP contribution in [0.2, 0.25) is 0 Å². The monoisotopic (exact) mass is 407 g/mol. The molecule has 7 heteroatoms. The van der Waals surface area contributed by atoms with E-state index in [9.17, 15) is 9.59 Å². The van der Waals surface area contributed by atoms with Gasteiger partial charge in [0.2, 0.25) is 0 Å². The summed E-state index contributed by atoms with van der Waals surface area (Å²) >= 11 is 0. The number of methoxy groups -OCH3 is 1.